The highest BCUT2D eigenvalue weighted by atomic mass is 19.4. The molecule has 3 aromatic carbocycles. The maximum absolute atomic E-state index is 14.2. The number of carboxylic acids is 1. The minimum absolute atomic E-state index is 0.0317. The molecule has 10 heteroatoms. The molecule has 1 aliphatic carbocycles. The van der Waals surface area contributed by atoms with Crippen LogP contribution in [-0.4, -0.2) is 35.7 Å². The standard InChI is InChI=1S/C32H31F4N3O3/c33-24-12-13-26(31(41)42)27(19-24)23-11-14-29(39(16-4-15-32(34,35)36)25-5-2-1-3-6-25)28(18-23)38-30(40)17-21-7-9-22(20-37)10-8-21/h7-14,18-19,25H,1-6,15-17H2,(H,38,40)(H,41,42). The minimum atomic E-state index is -4.30. The largest absolute Gasteiger partial charge is 0.478 e. The van der Waals surface area contributed by atoms with E-state index in [0.717, 1.165) is 50.3 Å². The van der Waals surface area contributed by atoms with E-state index in [1.165, 1.54) is 0 Å². The molecule has 3 aromatic rings. The first kappa shape index (κ1) is 30.6. The van der Waals surface area contributed by atoms with Crippen molar-refractivity contribution in [2.75, 3.05) is 16.8 Å². The molecule has 0 saturated heterocycles. The van der Waals surface area contributed by atoms with Gasteiger partial charge in [-0.3, -0.25) is 4.79 Å². The summed E-state index contributed by atoms with van der Waals surface area (Å²) in [5.74, 6) is -2.30. The maximum Gasteiger partial charge on any atom is 0.389 e. The first-order valence-electron chi connectivity index (χ1n) is 13.8. The first-order chi connectivity index (χ1) is 20.0. The number of rotatable bonds is 10. The number of hydrogen-bond donors (Lipinski definition) is 2. The number of carboxylic acid groups (broad SMARTS) is 1. The first-order valence-corrected chi connectivity index (χ1v) is 13.8. The highest BCUT2D eigenvalue weighted by molar-refractivity contribution is 5.99. The molecule has 0 unspecified atom stereocenters. The molecule has 0 atom stereocenters. The van der Waals surface area contributed by atoms with Crippen molar-refractivity contribution in [1.29, 1.82) is 5.26 Å². The number of anilines is 2. The van der Waals surface area contributed by atoms with Crippen molar-refractivity contribution in [2.24, 2.45) is 0 Å². The van der Waals surface area contributed by atoms with Crippen LogP contribution in [0.3, 0.4) is 0 Å². The summed E-state index contributed by atoms with van der Waals surface area (Å²) in [6.07, 6.45) is -0.920. The third kappa shape index (κ3) is 8.09. The van der Waals surface area contributed by atoms with Crippen molar-refractivity contribution in [3.05, 3.63) is 83.2 Å². The fraction of sp³-hybridized carbons (Fsp3) is 0.344. The number of hydrogen-bond acceptors (Lipinski definition) is 4. The predicted octanol–water partition coefficient (Wildman–Crippen LogP) is 7.73. The molecule has 1 fully saturated rings. The summed E-state index contributed by atoms with van der Waals surface area (Å²) in [7, 11) is 0. The van der Waals surface area contributed by atoms with Crippen molar-refractivity contribution in [3.8, 4) is 17.2 Å². The van der Waals surface area contributed by atoms with Gasteiger partial charge in [0.2, 0.25) is 5.91 Å². The molecule has 2 N–H and O–H groups in total. The second-order valence-corrected chi connectivity index (χ2v) is 10.5. The lowest BCUT2D eigenvalue weighted by Gasteiger charge is -2.37. The Morgan fingerprint density at radius 1 is 1.00 bits per heavy atom. The molecule has 0 spiro atoms. The van der Waals surface area contributed by atoms with Gasteiger partial charge < -0.3 is 15.3 Å². The van der Waals surface area contributed by atoms with E-state index in [-0.39, 0.29) is 36.6 Å². The van der Waals surface area contributed by atoms with Crippen LogP contribution in [0.1, 0.15) is 66.4 Å². The highest BCUT2D eigenvalue weighted by Gasteiger charge is 2.29. The average Bonchev–Trinajstić information content (AvgIpc) is 2.95. The Bertz CT molecular complexity index is 1460. The van der Waals surface area contributed by atoms with Crippen LogP contribution in [0, 0.1) is 17.1 Å². The van der Waals surface area contributed by atoms with Gasteiger partial charge in [-0.15, -0.1) is 0 Å². The van der Waals surface area contributed by atoms with Crippen LogP contribution in [-0.2, 0) is 11.2 Å². The topological polar surface area (TPSA) is 93.4 Å². The van der Waals surface area contributed by atoms with Crippen LogP contribution in [0.5, 0.6) is 0 Å². The summed E-state index contributed by atoms with van der Waals surface area (Å²) in [4.78, 5) is 27.0. The zero-order valence-corrected chi connectivity index (χ0v) is 22.9. The fourth-order valence-electron chi connectivity index (χ4n) is 5.42. The maximum atomic E-state index is 14.2. The molecule has 0 heterocycles. The number of nitrogens with one attached hydrogen (secondary N) is 1. The number of alkyl halides is 3. The SMILES string of the molecule is N#Cc1ccc(CC(=O)Nc2cc(-c3cc(F)ccc3C(=O)O)ccc2N(CCCC(F)(F)F)C2CCCCC2)cc1. The Morgan fingerprint density at radius 2 is 1.71 bits per heavy atom. The number of carbonyl (C=O) groups is 2. The molecule has 1 saturated carbocycles. The predicted molar refractivity (Wildman–Crippen MR) is 152 cm³/mol. The lowest BCUT2D eigenvalue weighted by molar-refractivity contribution is -0.135. The van der Waals surface area contributed by atoms with Crippen LogP contribution in [0.2, 0.25) is 0 Å². The summed E-state index contributed by atoms with van der Waals surface area (Å²) in [6, 6.07) is 16.6. The highest BCUT2D eigenvalue weighted by Crippen LogP contribution is 2.37. The van der Waals surface area contributed by atoms with Gasteiger partial charge in [0.1, 0.15) is 5.82 Å². The summed E-state index contributed by atoms with van der Waals surface area (Å²) in [6.45, 7) is 0.113. The zero-order valence-electron chi connectivity index (χ0n) is 22.9. The van der Waals surface area contributed by atoms with Crippen LogP contribution in [0.4, 0.5) is 28.9 Å². The Hall–Kier alpha value is -4.39. The minimum Gasteiger partial charge on any atom is -0.478 e. The van der Waals surface area contributed by atoms with Gasteiger partial charge in [0.05, 0.1) is 35.0 Å². The van der Waals surface area contributed by atoms with E-state index < -0.39 is 30.3 Å². The number of nitrogens with zero attached hydrogens (tertiary/aromatic N) is 2. The van der Waals surface area contributed by atoms with Crippen LogP contribution in [0.25, 0.3) is 11.1 Å². The van der Waals surface area contributed by atoms with Gasteiger partial charge in [-0.25, -0.2) is 9.18 Å². The normalized spacial score (nSPS) is 13.8. The molecule has 0 radical (unpaired) electrons. The molecule has 4 rings (SSSR count). The van der Waals surface area contributed by atoms with Crippen molar-refractivity contribution < 1.29 is 32.3 Å². The van der Waals surface area contributed by atoms with Gasteiger partial charge in [0.25, 0.3) is 0 Å². The number of amides is 1. The molecular formula is C32H31F4N3O3. The summed E-state index contributed by atoms with van der Waals surface area (Å²) < 4.78 is 53.4. The molecule has 1 aliphatic rings. The van der Waals surface area contributed by atoms with Gasteiger partial charge in [0, 0.05) is 19.0 Å². The van der Waals surface area contributed by atoms with Gasteiger partial charge >= 0.3 is 12.1 Å². The van der Waals surface area contributed by atoms with Crippen LogP contribution in [0.15, 0.2) is 60.7 Å². The Labute approximate surface area is 241 Å². The van der Waals surface area contributed by atoms with Gasteiger partial charge in [-0.05, 0) is 78.4 Å². The smallest absolute Gasteiger partial charge is 0.389 e. The Morgan fingerprint density at radius 3 is 2.36 bits per heavy atom. The van der Waals surface area contributed by atoms with E-state index in [1.54, 1.807) is 42.5 Å². The molecular weight excluding hydrogens is 550 g/mol. The molecule has 220 valence electrons. The number of benzene rings is 3. The van der Waals surface area contributed by atoms with E-state index in [2.05, 4.69) is 5.32 Å². The summed E-state index contributed by atoms with van der Waals surface area (Å²) in [5, 5.41) is 21.6. The van der Waals surface area contributed by atoms with Crippen molar-refractivity contribution >= 4 is 23.3 Å². The van der Waals surface area contributed by atoms with E-state index in [9.17, 15) is 32.3 Å². The molecule has 42 heavy (non-hydrogen) atoms. The third-order valence-corrected chi connectivity index (χ3v) is 7.43. The van der Waals surface area contributed by atoms with E-state index in [4.69, 9.17) is 5.26 Å². The summed E-state index contributed by atoms with van der Waals surface area (Å²) >= 11 is 0. The summed E-state index contributed by atoms with van der Waals surface area (Å²) in [5.41, 5.74) is 2.23. The second kappa shape index (κ2) is 13.5. The fourth-order valence-corrected chi connectivity index (χ4v) is 5.42. The zero-order chi connectivity index (χ0) is 30.3. The molecule has 0 aliphatic heterocycles. The lowest BCUT2D eigenvalue weighted by Crippen LogP contribution is -2.38. The monoisotopic (exact) mass is 581 g/mol. The Kier molecular flexibility index (Phi) is 9.84. The molecule has 0 aromatic heterocycles. The molecule has 0 bridgehead atoms. The number of halogens is 4. The van der Waals surface area contributed by atoms with Crippen molar-refractivity contribution in [1.82, 2.24) is 0 Å². The quantitative estimate of drug-likeness (QED) is 0.239. The number of carbonyl (C=O) groups excluding carboxylic acids is 1. The second-order valence-electron chi connectivity index (χ2n) is 10.5. The Balaban J connectivity index is 1.74. The number of nitriles is 1. The molecule has 1 amide bonds. The van der Waals surface area contributed by atoms with Gasteiger partial charge in [-0.1, -0.05) is 37.5 Å². The van der Waals surface area contributed by atoms with Gasteiger partial charge in [0.15, 0.2) is 0 Å². The average molecular weight is 582 g/mol. The van der Waals surface area contributed by atoms with E-state index in [1.807, 2.05) is 11.0 Å². The van der Waals surface area contributed by atoms with Crippen molar-refractivity contribution in [3.63, 3.8) is 0 Å². The van der Waals surface area contributed by atoms with Gasteiger partial charge in [-0.2, -0.15) is 18.4 Å². The van der Waals surface area contributed by atoms with Crippen molar-refractivity contribution in [2.45, 2.75) is 63.6 Å². The number of aromatic carboxylic acids is 1. The lowest BCUT2D eigenvalue weighted by atomic mass is 9.92. The van der Waals surface area contributed by atoms with E-state index in [0.29, 0.717) is 28.1 Å². The van der Waals surface area contributed by atoms with Crippen LogP contribution < -0.4 is 10.2 Å². The third-order valence-electron chi connectivity index (χ3n) is 7.43. The van der Waals surface area contributed by atoms with E-state index >= 15 is 0 Å². The molecule has 6 nitrogen and oxygen atoms in total. The van der Waals surface area contributed by atoms with Crippen LogP contribution >= 0.6 is 0 Å².